The Bertz CT molecular complexity index is 2580. The van der Waals surface area contributed by atoms with Gasteiger partial charge in [0, 0.05) is 55.9 Å². The van der Waals surface area contributed by atoms with E-state index in [-0.39, 0.29) is 67.0 Å². The van der Waals surface area contributed by atoms with Gasteiger partial charge in [0.1, 0.15) is 40.9 Å². The summed E-state index contributed by atoms with van der Waals surface area (Å²) in [6, 6.07) is 28.5. The van der Waals surface area contributed by atoms with E-state index in [1.165, 1.54) is 36.6 Å². The van der Waals surface area contributed by atoms with Crippen molar-refractivity contribution in [3.05, 3.63) is 143 Å². The molecule has 0 aliphatic carbocycles. The molecule has 3 heterocycles. The van der Waals surface area contributed by atoms with Gasteiger partial charge in [0.15, 0.2) is 5.84 Å². The van der Waals surface area contributed by atoms with Crippen LogP contribution in [0.3, 0.4) is 0 Å². The molecule has 18 nitrogen and oxygen atoms in total. The van der Waals surface area contributed by atoms with Crippen LogP contribution in [0.1, 0.15) is 144 Å². The second kappa shape index (κ2) is 32.4. The first-order chi connectivity index (χ1) is 36.8. The van der Waals surface area contributed by atoms with Crippen LogP contribution < -0.4 is 32.4 Å². The molecule has 2 unspecified atom stereocenters. The minimum absolute atomic E-state index is 0.00442. The number of hydrazine groups is 1. The summed E-state index contributed by atoms with van der Waals surface area (Å²) < 4.78 is 19.3. The van der Waals surface area contributed by atoms with Crippen molar-refractivity contribution in [1.82, 2.24) is 30.9 Å². The Labute approximate surface area is 455 Å². The molecular formula is C58H82BN9O9. The number of ether oxygens (including phenoxy) is 1. The number of nitrogens with zero attached hydrogens (tertiary/aromatic N) is 4. The molecule has 9 N–H and O–H groups in total. The van der Waals surface area contributed by atoms with E-state index >= 15 is 0 Å². The molecule has 4 aromatic carbocycles. The fraction of sp³-hybridized carbons (Fsp3) is 0.431. The fourth-order valence-electron chi connectivity index (χ4n) is 8.24. The average molecular weight is 1060 g/mol. The number of aliphatic imine (C=N–C) groups is 1. The van der Waals surface area contributed by atoms with Crippen LogP contribution in [0.2, 0.25) is 0 Å². The Kier molecular flexibility index (Phi) is 27.0. The van der Waals surface area contributed by atoms with E-state index in [4.69, 9.17) is 24.7 Å². The number of aromatic hydroxyl groups is 2. The van der Waals surface area contributed by atoms with Gasteiger partial charge in [-0.05, 0) is 112 Å². The highest BCUT2D eigenvalue weighted by atomic mass is 16.7. The molecule has 2 atom stereocenters. The predicted molar refractivity (Wildman–Crippen MR) is 304 cm³/mol. The number of aryl methyl sites for hydroxylation is 1. The normalized spacial score (nSPS) is 16.2. The lowest BCUT2D eigenvalue weighted by Crippen LogP contribution is -2.44. The van der Waals surface area contributed by atoms with E-state index in [1.54, 1.807) is 6.07 Å². The summed E-state index contributed by atoms with van der Waals surface area (Å²) in [4.78, 5) is 56.9. The van der Waals surface area contributed by atoms with Crippen LogP contribution in [-0.4, -0.2) is 107 Å². The summed E-state index contributed by atoms with van der Waals surface area (Å²) >= 11 is 0. The maximum absolute atomic E-state index is 13.5. The van der Waals surface area contributed by atoms with Crippen molar-refractivity contribution in [2.24, 2.45) is 22.5 Å². The van der Waals surface area contributed by atoms with Gasteiger partial charge in [-0.2, -0.15) is 0 Å². The number of hydrogen-bond acceptors (Lipinski definition) is 14. The maximum atomic E-state index is 13.5. The smallest absolute Gasteiger partial charge is 0.476 e. The molecule has 0 saturated carbocycles. The maximum Gasteiger partial charge on any atom is 0.476 e. The Morgan fingerprint density at radius 1 is 0.909 bits per heavy atom. The number of carbonyl (C=O) groups excluding carboxylic acids is 4. The molecule has 0 bridgehead atoms. The first-order valence-corrected chi connectivity index (χ1v) is 26.2. The zero-order valence-corrected chi connectivity index (χ0v) is 46.8. The summed E-state index contributed by atoms with van der Waals surface area (Å²) in [5.41, 5.74) is 10.4. The van der Waals surface area contributed by atoms with Crippen LogP contribution >= 0.6 is 0 Å². The third-order valence-corrected chi connectivity index (χ3v) is 12.7. The summed E-state index contributed by atoms with van der Waals surface area (Å²) in [6.07, 6.45) is 9.80. The van der Waals surface area contributed by atoms with Crippen LogP contribution in [0.5, 0.6) is 17.2 Å². The molecule has 416 valence electrons. The van der Waals surface area contributed by atoms with Gasteiger partial charge in [0.2, 0.25) is 6.41 Å². The van der Waals surface area contributed by atoms with Gasteiger partial charge in [-0.25, -0.2) is 15.8 Å². The van der Waals surface area contributed by atoms with E-state index in [9.17, 15) is 24.6 Å². The molecule has 7 rings (SSSR count). The number of piperidine rings is 1. The molecule has 19 heteroatoms. The SMILES string of the molecule is CCC.CCc1ccccc1.CNC(CC(C)C)B1OC(C)(C)C(C)(c2ccc(C(=O)N3CCC(Oc4ccc(N=C(NN)c5cc(C(C)C)c(O)cc5O)cc4)CC3)cc2)O1.NC=O.O=CCNC(=O)c1cnccn1. The Morgan fingerprint density at radius 3 is 2.04 bits per heavy atom. The van der Waals surface area contributed by atoms with Crippen LogP contribution in [0, 0.1) is 5.92 Å². The number of aromatic nitrogens is 2. The summed E-state index contributed by atoms with van der Waals surface area (Å²) in [6.45, 7) is 22.1. The number of amides is 3. The largest absolute Gasteiger partial charge is 0.508 e. The molecule has 3 amide bonds. The third-order valence-electron chi connectivity index (χ3n) is 12.7. The summed E-state index contributed by atoms with van der Waals surface area (Å²) in [5, 5.41) is 26.4. The quantitative estimate of drug-likeness (QED) is 0.0130. The van der Waals surface area contributed by atoms with E-state index in [1.807, 2.05) is 80.4 Å². The Balaban J connectivity index is 0.000000488. The zero-order chi connectivity index (χ0) is 57.1. The number of carbonyl (C=O) groups is 4. The number of amidine groups is 1. The molecule has 77 heavy (non-hydrogen) atoms. The van der Waals surface area contributed by atoms with Crippen molar-refractivity contribution in [1.29, 1.82) is 0 Å². The van der Waals surface area contributed by atoms with E-state index < -0.39 is 17.1 Å². The molecule has 1 aromatic heterocycles. The number of nitrogens with one attached hydrogen (secondary N) is 3. The average Bonchev–Trinajstić information content (AvgIpc) is 3.68. The number of primary amides is 1. The molecule has 5 aromatic rings. The van der Waals surface area contributed by atoms with Crippen LogP contribution in [-0.2, 0) is 30.9 Å². The van der Waals surface area contributed by atoms with Crippen molar-refractivity contribution in [3.8, 4) is 17.2 Å². The molecule has 0 radical (unpaired) electrons. The molecule has 2 aliphatic heterocycles. The lowest BCUT2D eigenvalue weighted by atomic mass is 9.74. The van der Waals surface area contributed by atoms with E-state index in [0.717, 1.165) is 18.4 Å². The van der Waals surface area contributed by atoms with E-state index in [2.05, 4.69) is 116 Å². The number of nitrogens with two attached hydrogens (primary N) is 2. The third kappa shape index (κ3) is 19.4. The van der Waals surface area contributed by atoms with Gasteiger partial charge < -0.3 is 55.7 Å². The minimum Gasteiger partial charge on any atom is -0.508 e. The van der Waals surface area contributed by atoms with Crippen LogP contribution in [0.25, 0.3) is 0 Å². The van der Waals surface area contributed by atoms with Crippen LogP contribution in [0.4, 0.5) is 5.69 Å². The fourth-order valence-corrected chi connectivity index (χ4v) is 8.24. The van der Waals surface area contributed by atoms with Gasteiger partial charge in [-0.3, -0.25) is 19.4 Å². The summed E-state index contributed by atoms with van der Waals surface area (Å²) in [5.74, 6) is 6.86. The lowest BCUT2D eigenvalue weighted by molar-refractivity contribution is -0.107. The highest BCUT2D eigenvalue weighted by molar-refractivity contribution is 6.47. The number of hydrogen-bond donors (Lipinski definition) is 7. The van der Waals surface area contributed by atoms with Gasteiger partial charge >= 0.3 is 7.12 Å². The van der Waals surface area contributed by atoms with Gasteiger partial charge in [-0.15, -0.1) is 0 Å². The van der Waals surface area contributed by atoms with Gasteiger partial charge in [-0.1, -0.05) is 97.4 Å². The monoisotopic (exact) mass is 1060 g/mol. The molecule has 2 aliphatic rings. The Hall–Kier alpha value is -7.19. The highest BCUT2D eigenvalue weighted by Gasteiger charge is 2.57. The number of rotatable bonds is 15. The topological polar surface area (TPSA) is 266 Å². The molecule has 2 fully saturated rings. The minimum atomic E-state index is -0.678. The van der Waals surface area contributed by atoms with E-state index in [0.29, 0.717) is 66.3 Å². The van der Waals surface area contributed by atoms with Crippen LogP contribution in [0.15, 0.2) is 115 Å². The second-order valence-electron chi connectivity index (χ2n) is 19.7. The van der Waals surface area contributed by atoms with Crippen molar-refractivity contribution in [3.63, 3.8) is 0 Å². The number of likely N-dealkylation sites (tertiary alicyclic amines) is 1. The van der Waals surface area contributed by atoms with Crippen molar-refractivity contribution in [2.75, 3.05) is 26.7 Å². The molecular weight excluding hydrogens is 978 g/mol. The Morgan fingerprint density at radius 2 is 1.53 bits per heavy atom. The highest BCUT2D eigenvalue weighted by Crippen LogP contribution is 2.46. The second-order valence-corrected chi connectivity index (χ2v) is 19.7. The predicted octanol–water partition coefficient (Wildman–Crippen LogP) is 8.32. The first-order valence-electron chi connectivity index (χ1n) is 26.2. The van der Waals surface area contributed by atoms with Crippen molar-refractivity contribution in [2.45, 2.75) is 131 Å². The first kappa shape index (κ1) is 64.1. The standard InChI is InChI=1S/C39H54BN5O6.C8H10.C7H7N3O2.C3H8.CH3NO/c1-24(2)21-35(42-8)40-50-38(5,6)39(7,51-40)27-11-9-26(10-12-27)37(48)45-19-17-30(18-20-45)49-29-15-13-28(14-16-29)43-36(44-41)32-22-31(25(3)4)33(46)23-34(32)47;1-2-8-6-4-3-5-7-8;11-4-3-10-7(12)6-5-8-1-2-9-6;1-3-2;2-1-3/h9-16,22-25,30,35,42,46-47H,17-21,41H2,1-8H3,(H,43,44);3-7H,2H2,1H3;1-2,4-5H,3H2,(H,10,12);3H2,1-2H3;1H,(H2,2,3). The number of phenolic OH excluding ortho intramolecular Hbond substituents is 2. The molecule has 2 saturated heterocycles. The number of aldehydes is 1. The number of phenols is 2. The summed E-state index contributed by atoms with van der Waals surface area (Å²) in [7, 11) is 1.57. The van der Waals surface area contributed by atoms with Crippen molar-refractivity contribution >= 4 is 43.2 Å². The molecule has 0 spiro atoms. The zero-order valence-electron chi connectivity index (χ0n) is 46.8. The van der Waals surface area contributed by atoms with Crippen molar-refractivity contribution < 1.29 is 43.4 Å². The lowest BCUT2D eigenvalue weighted by Gasteiger charge is -2.37. The number of benzene rings is 4. The van der Waals surface area contributed by atoms with Gasteiger partial charge in [0.25, 0.3) is 11.8 Å². The van der Waals surface area contributed by atoms with Gasteiger partial charge in [0.05, 0.1) is 29.6 Å².